The largest absolute Gasteiger partial charge is 0.357 e. The van der Waals surface area contributed by atoms with Crippen molar-refractivity contribution in [2.24, 2.45) is 5.92 Å². The third-order valence-electron chi connectivity index (χ3n) is 5.41. The van der Waals surface area contributed by atoms with E-state index in [0.29, 0.717) is 18.1 Å². The summed E-state index contributed by atoms with van der Waals surface area (Å²) in [5.74, 6) is 1.68. The van der Waals surface area contributed by atoms with Crippen LogP contribution < -0.4 is 10.2 Å². The summed E-state index contributed by atoms with van der Waals surface area (Å²) >= 11 is 0. The predicted octanol–water partition coefficient (Wildman–Crippen LogP) is 3.28. The molecule has 156 valence electrons. The van der Waals surface area contributed by atoms with Gasteiger partial charge in [-0.05, 0) is 61.6 Å². The van der Waals surface area contributed by atoms with Crippen LogP contribution in [0.1, 0.15) is 41.8 Å². The number of benzene rings is 1. The number of amides is 1. The van der Waals surface area contributed by atoms with Crippen molar-refractivity contribution in [2.75, 3.05) is 18.0 Å². The van der Waals surface area contributed by atoms with Crippen molar-refractivity contribution in [1.82, 2.24) is 25.1 Å². The number of halogens is 1. The van der Waals surface area contributed by atoms with E-state index in [1.165, 1.54) is 29.7 Å². The number of piperidine rings is 1. The number of nitrogens with one attached hydrogen (secondary N) is 1. The van der Waals surface area contributed by atoms with Gasteiger partial charge in [0.05, 0.1) is 5.69 Å². The molecule has 2 aromatic heterocycles. The van der Waals surface area contributed by atoms with Gasteiger partial charge < -0.3 is 10.2 Å². The van der Waals surface area contributed by atoms with Crippen LogP contribution in [0.3, 0.4) is 0 Å². The zero-order valence-corrected chi connectivity index (χ0v) is 17.2. The van der Waals surface area contributed by atoms with Gasteiger partial charge in [0.25, 0.3) is 5.91 Å². The summed E-state index contributed by atoms with van der Waals surface area (Å²) in [6.07, 6.45) is 4.18. The Labute approximate surface area is 175 Å². The molecule has 7 nitrogen and oxygen atoms in total. The third kappa shape index (κ3) is 4.48. The second-order valence-corrected chi connectivity index (χ2v) is 7.75. The van der Waals surface area contributed by atoms with Gasteiger partial charge in [-0.25, -0.2) is 19.0 Å². The van der Waals surface area contributed by atoms with Gasteiger partial charge >= 0.3 is 0 Å². The minimum Gasteiger partial charge on any atom is -0.357 e. The summed E-state index contributed by atoms with van der Waals surface area (Å²) in [6, 6.07) is 9.86. The van der Waals surface area contributed by atoms with Crippen LogP contribution in [0.25, 0.3) is 5.69 Å². The van der Waals surface area contributed by atoms with E-state index in [-0.39, 0.29) is 17.5 Å². The van der Waals surface area contributed by atoms with E-state index in [2.05, 4.69) is 32.2 Å². The molecule has 1 aromatic carbocycles. The van der Waals surface area contributed by atoms with E-state index in [1.807, 2.05) is 12.1 Å². The summed E-state index contributed by atoms with van der Waals surface area (Å²) in [7, 11) is 0. The van der Waals surface area contributed by atoms with E-state index in [4.69, 9.17) is 0 Å². The minimum atomic E-state index is -0.368. The number of pyridine rings is 1. The number of hydrogen-bond acceptors (Lipinski definition) is 5. The number of aromatic nitrogens is 4. The van der Waals surface area contributed by atoms with Crippen molar-refractivity contribution in [2.45, 2.75) is 33.2 Å². The Balaban J connectivity index is 1.37. The van der Waals surface area contributed by atoms with Gasteiger partial charge in [-0.15, -0.1) is 5.10 Å². The molecule has 30 heavy (non-hydrogen) atoms. The average molecular weight is 408 g/mol. The summed E-state index contributed by atoms with van der Waals surface area (Å²) in [4.78, 5) is 23.6. The first-order valence-electron chi connectivity index (χ1n) is 10.2. The van der Waals surface area contributed by atoms with E-state index >= 15 is 0 Å². The first-order chi connectivity index (χ1) is 14.5. The molecule has 1 amide bonds. The van der Waals surface area contributed by atoms with Gasteiger partial charge in [-0.3, -0.25) is 4.79 Å². The summed E-state index contributed by atoms with van der Waals surface area (Å²) in [5, 5.41) is 7.08. The molecule has 0 bridgehead atoms. The molecule has 0 spiro atoms. The number of aryl methyl sites for hydroxylation is 1. The molecule has 3 heterocycles. The maximum atomic E-state index is 13.1. The Kier molecular flexibility index (Phi) is 5.74. The van der Waals surface area contributed by atoms with Crippen LogP contribution in [-0.4, -0.2) is 38.7 Å². The molecule has 1 saturated heterocycles. The normalized spacial score (nSPS) is 14.7. The second-order valence-electron chi connectivity index (χ2n) is 7.75. The molecule has 0 radical (unpaired) electrons. The molecule has 0 aliphatic carbocycles. The Hall–Kier alpha value is -3.29. The van der Waals surface area contributed by atoms with Crippen molar-refractivity contribution >= 4 is 11.7 Å². The number of carbonyl (C=O) groups excluding carboxylic acids is 1. The van der Waals surface area contributed by atoms with Crippen molar-refractivity contribution in [3.05, 3.63) is 65.6 Å². The standard InChI is InChI=1S/C22H25FN6O/c1-15-9-11-28(12-10-15)20-8-3-17(13-24-20)14-25-22(30)21-26-16(2)29(27-21)19-6-4-18(23)5-7-19/h3-8,13,15H,9-12,14H2,1-2H3,(H,25,30). The van der Waals surface area contributed by atoms with Crippen LogP contribution in [-0.2, 0) is 6.54 Å². The molecule has 0 unspecified atom stereocenters. The Morgan fingerprint density at radius 2 is 1.90 bits per heavy atom. The Morgan fingerprint density at radius 3 is 2.57 bits per heavy atom. The topological polar surface area (TPSA) is 75.9 Å². The highest BCUT2D eigenvalue weighted by molar-refractivity contribution is 5.90. The van der Waals surface area contributed by atoms with E-state index in [1.54, 1.807) is 25.3 Å². The maximum Gasteiger partial charge on any atom is 0.291 e. The molecule has 0 saturated carbocycles. The summed E-state index contributed by atoms with van der Waals surface area (Å²) in [6.45, 7) is 6.44. The van der Waals surface area contributed by atoms with Crippen LogP contribution in [0.15, 0.2) is 42.6 Å². The lowest BCUT2D eigenvalue weighted by atomic mass is 9.99. The molecular formula is C22H25FN6O. The highest BCUT2D eigenvalue weighted by Crippen LogP contribution is 2.21. The molecular weight excluding hydrogens is 383 g/mol. The average Bonchev–Trinajstić information content (AvgIpc) is 3.15. The van der Waals surface area contributed by atoms with Gasteiger partial charge in [0.2, 0.25) is 5.82 Å². The van der Waals surface area contributed by atoms with Crippen LogP contribution in [0.2, 0.25) is 0 Å². The lowest BCUT2D eigenvalue weighted by molar-refractivity contribution is 0.0940. The van der Waals surface area contributed by atoms with Gasteiger partial charge in [-0.1, -0.05) is 13.0 Å². The molecule has 3 aromatic rings. The fourth-order valence-electron chi connectivity index (χ4n) is 3.52. The Morgan fingerprint density at radius 1 is 1.17 bits per heavy atom. The van der Waals surface area contributed by atoms with E-state index in [9.17, 15) is 9.18 Å². The molecule has 8 heteroatoms. The van der Waals surface area contributed by atoms with Crippen LogP contribution in [0.5, 0.6) is 0 Å². The zero-order valence-electron chi connectivity index (χ0n) is 17.2. The number of hydrogen-bond donors (Lipinski definition) is 1. The molecule has 0 atom stereocenters. The lowest BCUT2D eigenvalue weighted by Crippen LogP contribution is -2.33. The highest BCUT2D eigenvalue weighted by Gasteiger charge is 2.17. The Bertz CT molecular complexity index is 1010. The van der Waals surface area contributed by atoms with Gasteiger partial charge in [0.15, 0.2) is 0 Å². The van der Waals surface area contributed by atoms with Crippen molar-refractivity contribution in [1.29, 1.82) is 0 Å². The monoisotopic (exact) mass is 408 g/mol. The number of rotatable bonds is 5. The number of carbonyl (C=O) groups is 1. The van der Waals surface area contributed by atoms with Crippen LogP contribution >= 0.6 is 0 Å². The third-order valence-corrected chi connectivity index (χ3v) is 5.41. The van der Waals surface area contributed by atoms with Crippen LogP contribution in [0.4, 0.5) is 10.2 Å². The SMILES string of the molecule is Cc1nc(C(=O)NCc2ccc(N3CCC(C)CC3)nc2)nn1-c1ccc(F)cc1. The van der Waals surface area contributed by atoms with Crippen molar-refractivity contribution in [3.8, 4) is 5.69 Å². The number of nitrogens with zero attached hydrogens (tertiary/aromatic N) is 5. The quantitative estimate of drug-likeness (QED) is 0.701. The summed E-state index contributed by atoms with van der Waals surface area (Å²) in [5.41, 5.74) is 1.56. The molecule has 1 N–H and O–H groups in total. The smallest absolute Gasteiger partial charge is 0.291 e. The van der Waals surface area contributed by atoms with E-state index < -0.39 is 0 Å². The lowest BCUT2D eigenvalue weighted by Gasteiger charge is -2.31. The highest BCUT2D eigenvalue weighted by atomic mass is 19.1. The predicted molar refractivity (Wildman–Crippen MR) is 112 cm³/mol. The van der Waals surface area contributed by atoms with Crippen molar-refractivity contribution in [3.63, 3.8) is 0 Å². The van der Waals surface area contributed by atoms with Gasteiger partial charge in [0, 0.05) is 25.8 Å². The maximum absolute atomic E-state index is 13.1. The van der Waals surface area contributed by atoms with Crippen LogP contribution in [0, 0.1) is 18.7 Å². The number of anilines is 1. The fraction of sp³-hybridized carbons (Fsp3) is 0.364. The molecule has 1 aliphatic heterocycles. The van der Waals surface area contributed by atoms with Gasteiger partial charge in [-0.2, -0.15) is 0 Å². The minimum absolute atomic E-state index is 0.0730. The van der Waals surface area contributed by atoms with Gasteiger partial charge in [0.1, 0.15) is 17.5 Å². The summed E-state index contributed by atoms with van der Waals surface area (Å²) < 4.78 is 14.6. The molecule has 1 fully saturated rings. The first kappa shape index (κ1) is 20.0. The first-order valence-corrected chi connectivity index (χ1v) is 10.2. The molecule has 4 rings (SSSR count). The fourth-order valence-corrected chi connectivity index (χ4v) is 3.52. The molecule has 1 aliphatic rings. The second kappa shape index (κ2) is 8.61. The zero-order chi connectivity index (χ0) is 21.1. The van der Waals surface area contributed by atoms with Crippen molar-refractivity contribution < 1.29 is 9.18 Å². The van der Waals surface area contributed by atoms with E-state index in [0.717, 1.165) is 30.4 Å².